The van der Waals surface area contributed by atoms with Crippen molar-refractivity contribution in [3.63, 3.8) is 0 Å². The van der Waals surface area contributed by atoms with Gasteiger partial charge in [-0.3, -0.25) is 19.8 Å². The van der Waals surface area contributed by atoms with Gasteiger partial charge in [-0.25, -0.2) is 19.8 Å². The van der Waals surface area contributed by atoms with Crippen molar-refractivity contribution in [2.45, 2.75) is 75.7 Å². The van der Waals surface area contributed by atoms with Gasteiger partial charge in [0.2, 0.25) is 0 Å². The van der Waals surface area contributed by atoms with Crippen molar-refractivity contribution in [2.75, 3.05) is 26.3 Å². The molecule has 2 aromatic heterocycles. The van der Waals surface area contributed by atoms with Gasteiger partial charge in [0.15, 0.2) is 12.6 Å². The van der Waals surface area contributed by atoms with Crippen LogP contribution in [-0.2, 0) is 70.0 Å². The van der Waals surface area contributed by atoms with E-state index in [1.807, 2.05) is 0 Å². The van der Waals surface area contributed by atoms with Gasteiger partial charge in [0.25, 0.3) is 0 Å². The standard InChI is InChI=1S/C44H38F12N8O6/c45-41(46,47)29-13-23(14-30(17-29)42(48,49)50)21-69-37-35(63(9-11-67-37)19-33-57-39(65)61-59-33)27-5-1-25(2-6-27)26-3-7-28(8-4-26)36-38(68-12-10-64(36)20-34-58-40(66)62-60-34)70-22-24-15-31(43(51,52)53)18-32(16-24)44(54,55)56/h1-8,13-18,35-38H,9-12,19-22H2,(H2,57,59,61,65)(H2,58,60,62,66)/t35-,36-,37+,38+/m0/s1. The average molecular weight is 1000 g/mol. The number of hydrogen-bond acceptors (Lipinski definition) is 10. The smallest absolute Gasteiger partial charge is 0.349 e. The first-order chi connectivity index (χ1) is 33.0. The monoisotopic (exact) mass is 1000 g/mol. The van der Waals surface area contributed by atoms with Gasteiger partial charge < -0.3 is 18.9 Å². The molecule has 0 bridgehead atoms. The topological polar surface area (TPSA) is 166 Å². The fraction of sp³-hybridized carbons (Fsp3) is 0.364. The highest BCUT2D eigenvalue weighted by Gasteiger charge is 2.41. The summed E-state index contributed by atoms with van der Waals surface area (Å²) < 4.78 is 187. The van der Waals surface area contributed by atoms with Crippen molar-refractivity contribution in [3.05, 3.63) is 162 Å². The van der Waals surface area contributed by atoms with E-state index in [-0.39, 0.29) is 63.2 Å². The van der Waals surface area contributed by atoms with Crippen molar-refractivity contribution < 1.29 is 71.6 Å². The molecule has 2 aliphatic heterocycles. The van der Waals surface area contributed by atoms with E-state index in [0.29, 0.717) is 46.5 Å². The molecule has 2 aliphatic rings. The lowest BCUT2D eigenvalue weighted by Gasteiger charge is -2.41. The Bertz CT molecular complexity index is 2600. The molecular weight excluding hydrogens is 965 g/mol. The lowest BCUT2D eigenvalue weighted by Crippen LogP contribution is -2.46. The Hall–Kier alpha value is -6.32. The van der Waals surface area contributed by atoms with E-state index in [1.54, 1.807) is 58.3 Å². The largest absolute Gasteiger partial charge is 0.416 e. The summed E-state index contributed by atoms with van der Waals surface area (Å²) in [5, 5.41) is 12.4. The van der Waals surface area contributed by atoms with Crippen LogP contribution in [0.3, 0.4) is 0 Å². The van der Waals surface area contributed by atoms with E-state index >= 15 is 0 Å². The Balaban J connectivity index is 1.05. The summed E-state index contributed by atoms with van der Waals surface area (Å²) in [6.45, 7) is -0.838. The fourth-order valence-electron chi connectivity index (χ4n) is 8.20. The molecule has 4 atom stereocenters. The predicted molar refractivity (Wildman–Crippen MR) is 219 cm³/mol. The summed E-state index contributed by atoms with van der Waals surface area (Å²) in [6.07, 6.45) is -22.8. The van der Waals surface area contributed by atoms with Crippen molar-refractivity contribution >= 4 is 0 Å². The van der Waals surface area contributed by atoms with Gasteiger partial charge in [0, 0.05) is 13.1 Å². The van der Waals surface area contributed by atoms with Crippen molar-refractivity contribution in [1.82, 2.24) is 40.2 Å². The molecule has 14 nitrogen and oxygen atoms in total. The first kappa shape index (κ1) is 50.1. The van der Waals surface area contributed by atoms with Crippen LogP contribution in [0, 0.1) is 0 Å². The molecule has 0 spiro atoms. The number of hydrogen-bond donors (Lipinski definition) is 4. The Labute approximate surface area is 386 Å². The number of morpholine rings is 2. The molecule has 6 aromatic rings. The number of aromatic nitrogens is 6. The molecule has 0 amide bonds. The molecule has 0 radical (unpaired) electrons. The van der Waals surface area contributed by atoms with E-state index in [2.05, 4.69) is 30.4 Å². The van der Waals surface area contributed by atoms with Crippen molar-refractivity contribution in [2.24, 2.45) is 0 Å². The summed E-state index contributed by atoms with van der Waals surface area (Å²) in [5.41, 5.74) is -5.68. The Morgan fingerprint density at radius 1 is 0.514 bits per heavy atom. The van der Waals surface area contributed by atoms with Crippen LogP contribution in [0.15, 0.2) is 94.5 Å². The molecule has 4 aromatic carbocycles. The van der Waals surface area contributed by atoms with Gasteiger partial charge in [-0.2, -0.15) is 62.9 Å². The number of halogens is 12. The molecule has 0 unspecified atom stereocenters. The molecule has 2 fully saturated rings. The Morgan fingerprint density at radius 3 is 1.13 bits per heavy atom. The van der Waals surface area contributed by atoms with E-state index in [9.17, 15) is 62.3 Å². The van der Waals surface area contributed by atoms with E-state index in [4.69, 9.17) is 18.9 Å². The lowest BCUT2D eigenvalue weighted by atomic mass is 9.96. The zero-order valence-corrected chi connectivity index (χ0v) is 35.8. The lowest BCUT2D eigenvalue weighted by molar-refractivity contribution is -0.218. The molecule has 70 heavy (non-hydrogen) atoms. The maximum atomic E-state index is 13.6. The maximum absolute atomic E-state index is 13.6. The molecule has 2 saturated heterocycles. The van der Waals surface area contributed by atoms with E-state index < -0.39 is 107 Å². The van der Waals surface area contributed by atoms with Gasteiger partial charge >= 0.3 is 36.1 Å². The second-order valence-electron chi connectivity index (χ2n) is 16.3. The highest BCUT2D eigenvalue weighted by Crippen LogP contribution is 2.40. The summed E-state index contributed by atoms with van der Waals surface area (Å²) in [7, 11) is 0. The van der Waals surface area contributed by atoms with Crippen molar-refractivity contribution in [1.29, 1.82) is 0 Å². The third-order valence-corrected chi connectivity index (χ3v) is 11.4. The normalized spacial score (nSPS) is 20.0. The zero-order valence-electron chi connectivity index (χ0n) is 35.8. The quantitative estimate of drug-likeness (QED) is 0.0825. The van der Waals surface area contributed by atoms with Crippen LogP contribution in [0.2, 0.25) is 0 Å². The minimum absolute atomic E-state index is 0.0108. The van der Waals surface area contributed by atoms with Gasteiger partial charge in [0.05, 0.1) is 73.9 Å². The Morgan fingerprint density at radius 2 is 0.843 bits per heavy atom. The number of aromatic amines is 4. The summed E-state index contributed by atoms with van der Waals surface area (Å²) >= 11 is 0. The number of nitrogens with zero attached hydrogens (tertiary/aromatic N) is 4. The van der Waals surface area contributed by atoms with Crippen LogP contribution < -0.4 is 11.4 Å². The van der Waals surface area contributed by atoms with Gasteiger partial charge in [-0.15, -0.1) is 0 Å². The third kappa shape index (κ3) is 12.0. The maximum Gasteiger partial charge on any atom is 0.416 e. The number of ether oxygens (including phenoxy) is 4. The predicted octanol–water partition coefficient (Wildman–Crippen LogP) is 8.48. The first-order valence-corrected chi connectivity index (χ1v) is 21.0. The average Bonchev–Trinajstić information content (AvgIpc) is 3.92. The van der Waals surface area contributed by atoms with E-state index in [0.717, 1.165) is 0 Å². The zero-order chi connectivity index (χ0) is 50.2. The second-order valence-corrected chi connectivity index (χ2v) is 16.3. The molecule has 0 saturated carbocycles. The summed E-state index contributed by atoms with van der Waals surface area (Å²) in [4.78, 5) is 32.4. The van der Waals surface area contributed by atoms with Crippen LogP contribution in [0.25, 0.3) is 11.1 Å². The molecule has 4 heterocycles. The number of benzene rings is 4. The highest BCUT2D eigenvalue weighted by atomic mass is 19.4. The molecule has 4 N–H and O–H groups in total. The second kappa shape index (κ2) is 19.8. The SMILES string of the molecule is O=c1[nH]nc(CN2CCO[C@H](OCc3cc(C(F)(F)F)cc(C(F)(F)F)c3)[C@@H]2c2ccc(-c3ccc([C@H]4[C@@H](OCc5cc(C(F)(F)F)cc(C(F)(F)F)c5)OCCN4Cc4n[nH]c(=O)[nH]4)cc3)cc2)[nH]1. The molecular formula is C44H38F12N8O6. The number of H-pyrrole nitrogens is 4. The van der Waals surface area contributed by atoms with Crippen LogP contribution in [0.1, 0.15) is 68.2 Å². The molecule has 26 heteroatoms. The van der Waals surface area contributed by atoms with Crippen LogP contribution >= 0.6 is 0 Å². The van der Waals surface area contributed by atoms with Crippen LogP contribution in [-0.4, -0.2) is 79.0 Å². The number of nitrogens with one attached hydrogen (secondary N) is 4. The fourth-order valence-corrected chi connectivity index (χ4v) is 8.20. The van der Waals surface area contributed by atoms with Gasteiger partial charge in [0.1, 0.15) is 11.6 Å². The van der Waals surface area contributed by atoms with Crippen LogP contribution in [0.5, 0.6) is 0 Å². The molecule has 374 valence electrons. The van der Waals surface area contributed by atoms with Gasteiger partial charge in [-0.1, -0.05) is 48.5 Å². The summed E-state index contributed by atoms with van der Waals surface area (Å²) in [6, 6.07) is 14.3. The number of alkyl halides is 12. The minimum Gasteiger partial charge on any atom is -0.349 e. The third-order valence-electron chi connectivity index (χ3n) is 11.4. The molecule has 8 rings (SSSR count). The van der Waals surface area contributed by atoms with Crippen LogP contribution in [0.4, 0.5) is 52.7 Å². The minimum atomic E-state index is -5.09. The molecule has 0 aliphatic carbocycles. The van der Waals surface area contributed by atoms with Crippen molar-refractivity contribution in [3.8, 4) is 11.1 Å². The summed E-state index contributed by atoms with van der Waals surface area (Å²) in [5.74, 6) is 0.442. The van der Waals surface area contributed by atoms with E-state index in [1.165, 1.54) is 0 Å². The Kier molecular flexibility index (Phi) is 14.2. The van der Waals surface area contributed by atoms with Gasteiger partial charge in [-0.05, 0) is 69.8 Å². The highest BCUT2D eigenvalue weighted by molar-refractivity contribution is 5.64. The first-order valence-electron chi connectivity index (χ1n) is 21.0. The number of rotatable bonds is 13.